The molecule has 1 heterocycles. The fourth-order valence-corrected chi connectivity index (χ4v) is 1.67. The second-order valence-corrected chi connectivity index (χ2v) is 4.35. The first-order valence-corrected chi connectivity index (χ1v) is 5.89. The van der Waals surface area contributed by atoms with Gasteiger partial charge in [0.1, 0.15) is 11.9 Å². The van der Waals surface area contributed by atoms with Crippen molar-refractivity contribution in [1.29, 1.82) is 0 Å². The first kappa shape index (κ1) is 12.5. The third kappa shape index (κ3) is 3.05. The molecule has 1 unspecified atom stereocenters. The number of hydrogen-bond donors (Lipinski definition) is 2. The monoisotopic (exact) mass is 246 g/mol. The molecule has 0 fully saturated rings. The van der Waals surface area contributed by atoms with Crippen LogP contribution in [0.1, 0.15) is 11.9 Å². The highest BCUT2D eigenvalue weighted by molar-refractivity contribution is 5.54. The van der Waals surface area contributed by atoms with Gasteiger partial charge in [0.15, 0.2) is 0 Å². The van der Waals surface area contributed by atoms with Gasteiger partial charge in [-0.2, -0.15) is 0 Å². The number of hydrogen-bond acceptors (Lipinski definition) is 4. The molecule has 0 aliphatic rings. The van der Waals surface area contributed by atoms with Crippen molar-refractivity contribution in [1.82, 2.24) is 0 Å². The maximum Gasteiger partial charge on any atom is 0.134 e. The van der Waals surface area contributed by atoms with Gasteiger partial charge in [-0.25, -0.2) is 0 Å². The molecule has 0 bridgehead atoms. The molecule has 0 aliphatic carbocycles. The van der Waals surface area contributed by atoms with Crippen LogP contribution in [0.15, 0.2) is 47.1 Å². The fraction of sp³-hybridized carbons (Fsp3) is 0.286. The molecular weight excluding hydrogens is 228 g/mol. The Morgan fingerprint density at radius 2 is 1.94 bits per heavy atom. The lowest BCUT2D eigenvalue weighted by Gasteiger charge is -2.14. The minimum atomic E-state index is -0.631. The third-order valence-corrected chi connectivity index (χ3v) is 2.75. The number of aliphatic hydroxyl groups excluding tert-OH is 1. The van der Waals surface area contributed by atoms with Crippen LogP contribution in [0.5, 0.6) is 0 Å². The van der Waals surface area contributed by atoms with Crippen molar-refractivity contribution in [2.24, 2.45) is 0 Å². The Labute approximate surface area is 107 Å². The zero-order chi connectivity index (χ0) is 13.0. The van der Waals surface area contributed by atoms with Crippen molar-refractivity contribution in [2.45, 2.75) is 6.10 Å². The highest BCUT2D eigenvalue weighted by atomic mass is 16.4. The maximum atomic E-state index is 9.85. The summed E-state index contributed by atoms with van der Waals surface area (Å²) in [6.07, 6.45) is 0.929. The van der Waals surface area contributed by atoms with Gasteiger partial charge in [0.05, 0.1) is 6.26 Å². The topological polar surface area (TPSA) is 48.6 Å². The van der Waals surface area contributed by atoms with E-state index < -0.39 is 6.10 Å². The van der Waals surface area contributed by atoms with Crippen molar-refractivity contribution in [3.8, 4) is 0 Å². The highest BCUT2D eigenvalue weighted by Crippen LogP contribution is 2.18. The van der Waals surface area contributed by atoms with Crippen LogP contribution in [-0.4, -0.2) is 25.7 Å². The second-order valence-electron chi connectivity index (χ2n) is 4.35. The average molecular weight is 246 g/mol. The van der Waals surface area contributed by atoms with Crippen LogP contribution >= 0.6 is 0 Å². The molecule has 2 rings (SSSR count). The summed E-state index contributed by atoms with van der Waals surface area (Å²) in [5.41, 5.74) is 2.12. The predicted octanol–water partition coefficient (Wildman–Crippen LogP) is 2.49. The minimum absolute atomic E-state index is 0.425. The Morgan fingerprint density at radius 1 is 1.22 bits per heavy atom. The van der Waals surface area contributed by atoms with Crippen LogP contribution < -0.4 is 10.2 Å². The summed E-state index contributed by atoms with van der Waals surface area (Å²) in [5, 5.41) is 13.0. The van der Waals surface area contributed by atoms with E-state index in [0.717, 1.165) is 11.4 Å². The average Bonchev–Trinajstić information content (AvgIpc) is 2.90. The van der Waals surface area contributed by atoms with E-state index in [-0.39, 0.29) is 0 Å². The van der Waals surface area contributed by atoms with Crippen LogP contribution in [-0.2, 0) is 0 Å². The summed E-state index contributed by atoms with van der Waals surface area (Å²) < 4.78 is 5.14. The van der Waals surface area contributed by atoms with E-state index in [0.29, 0.717) is 12.3 Å². The molecule has 0 saturated carbocycles. The zero-order valence-electron chi connectivity index (χ0n) is 10.6. The summed E-state index contributed by atoms with van der Waals surface area (Å²) in [4.78, 5) is 2.04. The van der Waals surface area contributed by atoms with Crippen LogP contribution in [0.3, 0.4) is 0 Å². The molecule has 4 nitrogen and oxygen atoms in total. The van der Waals surface area contributed by atoms with Gasteiger partial charge in [0, 0.05) is 32.0 Å². The highest BCUT2D eigenvalue weighted by Gasteiger charge is 2.09. The molecule has 1 atom stereocenters. The smallest absolute Gasteiger partial charge is 0.134 e. The van der Waals surface area contributed by atoms with E-state index in [2.05, 4.69) is 5.32 Å². The number of benzene rings is 1. The Bertz CT molecular complexity index is 463. The van der Waals surface area contributed by atoms with E-state index in [9.17, 15) is 5.11 Å². The van der Waals surface area contributed by atoms with E-state index in [1.54, 1.807) is 18.4 Å². The number of anilines is 2. The largest absolute Gasteiger partial charge is 0.467 e. The fourth-order valence-electron chi connectivity index (χ4n) is 1.67. The minimum Gasteiger partial charge on any atom is -0.467 e. The second kappa shape index (κ2) is 5.60. The zero-order valence-corrected chi connectivity index (χ0v) is 10.6. The Hall–Kier alpha value is -1.94. The van der Waals surface area contributed by atoms with Crippen molar-refractivity contribution in [3.63, 3.8) is 0 Å². The van der Waals surface area contributed by atoms with Crippen molar-refractivity contribution in [3.05, 3.63) is 48.4 Å². The molecule has 0 radical (unpaired) electrons. The summed E-state index contributed by atoms with van der Waals surface area (Å²) >= 11 is 0. The summed E-state index contributed by atoms with van der Waals surface area (Å²) in [5.74, 6) is 0.576. The van der Waals surface area contributed by atoms with Crippen LogP contribution in [0.4, 0.5) is 11.4 Å². The molecule has 1 aromatic carbocycles. The number of rotatable bonds is 5. The first-order chi connectivity index (χ1) is 8.66. The summed E-state index contributed by atoms with van der Waals surface area (Å²) in [6, 6.07) is 11.6. The van der Waals surface area contributed by atoms with E-state index >= 15 is 0 Å². The lowest BCUT2D eigenvalue weighted by Crippen LogP contribution is -2.12. The molecule has 2 aromatic rings. The van der Waals surface area contributed by atoms with E-state index in [4.69, 9.17) is 4.42 Å². The van der Waals surface area contributed by atoms with Crippen LogP contribution in [0, 0.1) is 0 Å². The van der Waals surface area contributed by atoms with Crippen molar-refractivity contribution >= 4 is 11.4 Å². The molecular formula is C14H18N2O2. The normalized spacial score (nSPS) is 12.2. The van der Waals surface area contributed by atoms with Gasteiger partial charge in [-0.1, -0.05) is 0 Å². The lowest BCUT2D eigenvalue weighted by molar-refractivity contribution is 0.162. The van der Waals surface area contributed by atoms with Crippen LogP contribution in [0.2, 0.25) is 0 Å². The third-order valence-electron chi connectivity index (χ3n) is 2.75. The molecule has 0 saturated heterocycles. The molecule has 1 aromatic heterocycles. The predicted molar refractivity (Wildman–Crippen MR) is 72.9 cm³/mol. The molecule has 96 valence electrons. The van der Waals surface area contributed by atoms with E-state index in [1.165, 1.54) is 0 Å². The summed E-state index contributed by atoms with van der Waals surface area (Å²) in [6.45, 7) is 0.425. The number of furan rings is 1. The number of aliphatic hydroxyl groups is 1. The van der Waals surface area contributed by atoms with Gasteiger partial charge < -0.3 is 19.7 Å². The first-order valence-electron chi connectivity index (χ1n) is 5.89. The molecule has 4 heteroatoms. The van der Waals surface area contributed by atoms with Gasteiger partial charge in [-0.15, -0.1) is 0 Å². The van der Waals surface area contributed by atoms with Gasteiger partial charge in [0.2, 0.25) is 0 Å². The molecule has 0 aliphatic heterocycles. The standard InChI is InChI=1S/C14H18N2O2/c1-16(2)12-7-5-11(6-8-12)15-10-13(17)14-4-3-9-18-14/h3-9,13,15,17H,10H2,1-2H3. The Balaban J connectivity index is 1.90. The van der Waals surface area contributed by atoms with Gasteiger partial charge in [0.25, 0.3) is 0 Å². The SMILES string of the molecule is CN(C)c1ccc(NCC(O)c2ccco2)cc1. The van der Waals surface area contributed by atoms with Crippen LogP contribution in [0.25, 0.3) is 0 Å². The van der Waals surface area contributed by atoms with Gasteiger partial charge >= 0.3 is 0 Å². The maximum absolute atomic E-state index is 9.85. The van der Waals surface area contributed by atoms with E-state index in [1.807, 2.05) is 43.3 Å². The lowest BCUT2D eigenvalue weighted by atomic mass is 10.2. The van der Waals surface area contributed by atoms with Gasteiger partial charge in [-0.05, 0) is 36.4 Å². The molecule has 18 heavy (non-hydrogen) atoms. The molecule has 0 spiro atoms. The Morgan fingerprint density at radius 3 is 2.50 bits per heavy atom. The molecule has 0 amide bonds. The Kier molecular flexibility index (Phi) is 3.89. The molecule has 2 N–H and O–H groups in total. The number of nitrogens with one attached hydrogen (secondary N) is 1. The number of nitrogens with zero attached hydrogens (tertiary/aromatic N) is 1. The van der Waals surface area contributed by atoms with Crippen molar-refractivity contribution < 1.29 is 9.52 Å². The summed E-state index contributed by atoms with van der Waals surface area (Å²) in [7, 11) is 4.01. The quantitative estimate of drug-likeness (QED) is 0.851. The van der Waals surface area contributed by atoms with Gasteiger partial charge in [-0.3, -0.25) is 0 Å². The van der Waals surface area contributed by atoms with Crippen molar-refractivity contribution in [2.75, 3.05) is 30.9 Å².